The van der Waals surface area contributed by atoms with Gasteiger partial charge in [0.2, 0.25) is 5.52 Å². The molecule has 150 valence electrons. The lowest BCUT2D eigenvalue weighted by Gasteiger charge is -2.17. The molecule has 0 bridgehead atoms. The molecule has 31 heavy (non-hydrogen) atoms. The molecule has 1 N–H and O–H groups in total. The van der Waals surface area contributed by atoms with Gasteiger partial charge in [-0.2, -0.15) is 0 Å². The lowest BCUT2D eigenvalue weighted by molar-refractivity contribution is -0.642. The number of ether oxygens (including phenoxy) is 1. The van der Waals surface area contributed by atoms with Gasteiger partial charge in [0.25, 0.3) is 0 Å². The third kappa shape index (κ3) is 2.69. The summed E-state index contributed by atoms with van der Waals surface area (Å²) in [6.07, 6.45) is 6.30. The highest BCUT2D eigenvalue weighted by molar-refractivity contribution is 7.13. The van der Waals surface area contributed by atoms with Gasteiger partial charge < -0.3 is 9.72 Å². The van der Waals surface area contributed by atoms with Crippen molar-refractivity contribution in [2.45, 2.75) is 0 Å². The average Bonchev–Trinajstić information content (AvgIpc) is 3.48. The molecule has 0 atom stereocenters. The Labute approximate surface area is 184 Å². The minimum atomic E-state index is 0.865. The topological polar surface area (TPSA) is 28.9 Å². The van der Waals surface area contributed by atoms with Crippen molar-refractivity contribution in [2.75, 3.05) is 7.11 Å². The van der Waals surface area contributed by atoms with Crippen LogP contribution < -0.4 is 9.30 Å². The van der Waals surface area contributed by atoms with E-state index in [0.29, 0.717) is 0 Å². The van der Waals surface area contributed by atoms with Crippen LogP contribution in [0.25, 0.3) is 54.0 Å². The molecule has 0 amide bonds. The van der Waals surface area contributed by atoms with Gasteiger partial charge in [-0.25, -0.2) is 4.57 Å². The Morgan fingerprint density at radius 1 is 0.839 bits per heavy atom. The molecule has 3 aromatic heterocycles. The number of rotatable bonds is 3. The van der Waals surface area contributed by atoms with E-state index in [1.165, 1.54) is 54.0 Å². The smallest absolute Gasteiger partial charge is 0.213 e. The van der Waals surface area contributed by atoms with E-state index >= 15 is 0 Å². The van der Waals surface area contributed by atoms with Crippen molar-refractivity contribution >= 4 is 43.8 Å². The van der Waals surface area contributed by atoms with E-state index in [2.05, 4.69) is 82.9 Å². The Balaban J connectivity index is 1.86. The summed E-state index contributed by atoms with van der Waals surface area (Å²) < 4.78 is 7.60. The summed E-state index contributed by atoms with van der Waals surface area (Å²) in [5, 5.41) is 8.50. The number of benzene rings is 3. The number of nitrogens with one attached hydrogen (secondary N) is 1. The second kappa shape index (κ2) is 6.96. The summed E-state index contributed by atoms with van der Waals surface area (Å²) in [4.78, 5) is 4.61. The summed E-state index contributed by atoms with van der Waals surface area (Å²) in [7, 11) is 3.82. The van der Waals surface area contributed by atoms with Crippen LogP contribution in [-0.2, 0) is 7.05 Å². The fourth-order valence-corrected chi connectivity index (χ4v) is 5.50. The number of hydrogen-bond acceptors (Lipinski definition) is 2. The zero-order chi connectivity index (χ0) is 20.9. The van der Waals surface area contributed by atoms with E-state index in [-0.39, 0.29) is 0 Å². The van der Waals surface area contributed by atoms with Gasteiger partial charge in [0.1, 0.15) is 12.8 Å². The van der Waals surface area contributed by atoms with Gasteiger partial charge in [0.05, 0.1) is 12.5 Å². The van der Waals surface area contributed by atoms with E-state index < -0.39 is 0 Å². The highest BCUT2D eigenvalue weighted by Crippen LogP contribution is 2.46. The lowest BCUT2D eigenvalue weighted by Crippen LogP contribution is -2.24. The van der Waals surface area contributed by atoms with Gasteiger partial charge >= 0.3 is 0 Å². The molecule has 0 aliphatic carbocycles. The third-order valence-corrected chi connectivity index (χ3v) is 7.02. The Bertz CT molecular complexity index is 1560. The summed E-state index contributed by atoms with van der Waals surface area (Å²) in [6.45, 7) is 0. The Morgan fingerprint density at radius 2 is 1.71 bits per heavy atom. The maximum atomic E-state index is 5.40. The van der Waals surface area contributed by atoms with Crippen LogP contribution in [0.3, 0.4) is 0 Å². The number of nitrogens with zero attached hydrogens (tertiary/aromatic N) is 1. The first kappa shape index (κ1) is 18.2. The molecule has 3 nitrogen and oxygen atoms in total. The first-order chi connectivity index (χ1) is 15.3. The van der Waals surface area contributed by atoms with E-state index in [4.69, 9.17) is 4.74 Å². The Hall–Kier alpha value is -3.63. The second-order valence-electron chi connectivity index (χ2n) is 7.78. The Kier molecular flexibility index (Phi) is 4.08. The number of thiophene rings is 1. The average molecular weight is 422 g/mol. The number of aryl methyl sites for hydroxylation is 1. The molecule has 0 aliphatic rings. The normalized spacial score (nSPS) is 11.5. The van der Waals surface area contributed by atoms with E-state index in [1.54, 1.807) is 18.4 Å². The first-order valence-electron chi connectivity index (χ1n) is 10.3. The van der Waals surface area contributed by atoms with Crippen LogP contribution in [0.1, 0.15) is 0 Å². The predicted octanol–water partition coefficient (Wildman–Crippen LogP) is 6.70. The standard InChI is InChI=1S/C27H20N2OS/c1-29-14-12-20-23(29)10-9-21-25(17-5-7-18(30-2)8-6-17)22-16-28-13-11-19(22)27(26(20)21)24-4-3-15-31-24/h3-16H,1-2H3/p+1. The fraction of sp³-hybridized carbons (Fsp3) is 0.0741. The van der Waals surface area contributed by atoms with Gasteiger partial charge in [-0.1, -0.05) is 18.2 Å². The molecule has 4 heteroatoms. The fourth-order valence-electron chi connectivity index (χ4n) is 4.71. The summed E-state index contributed by atoms with van der Waals surface area (Å²) in [5.74, 6) is 0.865. The summed E-state index contributed by atoms with van der Waals surface area (Å²) in [6, 6.07) is 21.7. The quantitative estimate of drug-likeness (QED) is 0.250. The number of methoxy groups -OCH3 is 1. The monoisotopic (exact) mass is 421 g/mol. The van der Waals surface area contributed by atoms with Crippen molar-refractivity contribution in [1.29, 1.82) is 0 Å². The van der Waals surface area contributed by atoms with E-state index in [0.717, 1.165) is 5.75 Å². The minimum absolute atomic E-state index is 0.865. The number of aromatic amines is 1. The molecular weight excluding hydrogens is 400 g/mol. The van der Waals surface area contributed by atoms with Crippen molar-refractivity contribution in [3.8, 4) is 27.3 Å². The van der Waals surface area contributed by atoms with Gasteiger partial charge in [-0.05, 0) is 57.6 Å². The number of hydrogen-bond donors (Lipinski definition) is 1. The molecule has 3 heterocycles. The second-order valence-corrected chi connectivity index (χ2v) is 8.72. The van der Waals surface area contributed by atoms with Gasteiger partial charge in [-0.15, -0.1) is 11.3 Å². The molecule has 0 fully saturated rings. The van der Waals surface area contributed by atoms with E-state index in [1.807, 2.05) is 18.3 Å². The van der Waals surface area contributed by atoms with Crippen molar-refractivity contribution in [2.24, 2.45) is 7.05 Å². The van der Waals surface area contributed by atoms with Crippen LogP contribution in [0.4, 0.5) is 0 Å². The zero-order valence-electron chi connectivity index (χ0n) is 17.3. The largest absolute Gasteiger partial charge is 0.497 e. The molecule has 6 rings (SSSR count). The van der Waals surface area contributed by atoms with Crippen molar-refractivity contribution in [3.05, 3.63) is 84.6 Å². The van der Waals surface area contributed by atoms with Crippen LogP contribution in [-0.4, -0.2) is 12.1 Å². The van der Waals surface area contributed by atoms with Crippen LogP contribution in [0.15, 0.2) is 84.6 Å². The molecule has 0 radical (unpaired) electrons. The lowest BCUT2D eigenvalue weighted by atomic mass is 9.87. The molecule has 0 saturated carbocycles. The molecule has 0 aliphatic heterocycles. The maximum Gasteiger partial charge on any atom is 0.213 e. The molecular formula is C27H21N2OS+. The molecule has 6 aromatic rings. The number of H-pyrrole nitrogens is 1. The highest BCUT2D eigenvalue weighted by Gasteiger charge is 2.21. The van der Waals surface area contributed by atoms with Crippen LogP contribution in [0.5, 0.6) is 5.75 Å². The third-order valence-electron chi connectivity index (χ3n) is 6.14. The minimum Gasteiger partial charge on any atom is -0.497 e. The zero-order valence-corrected chi connectivity index (χ0v) is 18.2. The SMILES string of the molecule is COc1ccc(-c2c3c[nH]ccc3c(-c3cccs3)c3c2ccc2c3cc[n+]2C)cc1. The first-order valence-corrected chi connectivity index (χ1v) is 11.2. The van der Waals surface area contributed by atoms with Crippen molar-refractivity contribution in [3.63, 3.8) is 0 Å². The van der Waals surface area contributed by atoms with Crippen LogP contribution in [0.2, 0.25) is 0 Å². The predicted molar refractivity (Wildman–Crippen MR) is 130 cm³/mol. The van der Waals surface area contributed by atoms with Gasteiger partial charge in [-0.3, -0.25) is 0 Å². The number of pyridine rings is 1. The van der Waals surface area contributed by atoms with Gasteiger partial charge in [0.15, 0.2) is 6.20 Å². The molecule has 3 aromatic carbocycles. The molecule has 0 unspecified atom stereocenters. The maximum absolute atomic E-state index is 5.40. The summed E-state index contributed by atoms with van der Waals surface area (Å²) in [5.41, 5.74) is 4.98. The van der Waals surface area contributed by atoms with Crippen LogP contribution >= 0.6 is 11.3 Å². The number of aromatic nitrogens is 2. The molecule has 0 spiro atoms. The highest BCUT2D eigenvalue weighted by atomic mass is 32.1. The van der Waals surface area contributed by atoms with Crippen molar-refractivity contribution in [1.82, 2.24) is 4.98 Å². The van der Waals surface area contributed by atoms with E-state index in [9.17, 15) is 0 Å². The molecule has 0 saturated heterocycles. The summed E-state index contributed by atoms with van der Waals surface area (Å²) >= 11 is 1.79. The van der Waals surface area contributed by atoms with Crippen LogP contribution in [0, 0.1) is 0 Å². The van der Waals surface area contributed by atoms with Gasteiger partial charge in [0, 0.05) is 45.7 Å². The Morgan fingerprint density at radius 3 is 2.48 bits per heavy atom. The number of fused-ring (bicyclic) bond motifs is 4. The van der Waals surface area contributed by atoms with Crippen molar-refractivity contribution < 1.29 is 9.30 Å².